The molecular weight excluding hydrogens is 434 g/mol. The highest BCUT2D eigenvalue weighted by Gasteiger charge is 2.37. The first-order chi connectivity index (χ1) is 16.3. The fourth-order valence-electron chi connectivity index (χ4n) is 4.21. The van der Waals surface area contributed by atoms with Crippen LogP contribution in [0.25, 0.3) is 21.8 Å². The highest BCUT2D eigenvalue weighted by Crippen LogP contribution is 2.21. The fourth-order valence-corrected chi connectivity index (χ4v) is 4.21. The lowest BCUT2D eigenvalue weighted by Gasteiger charge is -2.29. The van der Waals surface area contributed by atoms with Gasteiger partial charge in [0.2, 0.25) is 11.8 Å². The number of imide groups is 1. The van der Waals surface area contributed by atoms with E-state index in [2.05, 4.69) is 9.97 Å². The van der Waals surface area contributed by atoms with Crippen molar-refractivity contribution in [2.45, 2.75) is 37.9 Å². The number of nitrogens with zero attached hydrogens (tertiary/aromatic N) is 1. The molecule has 2 amide bonds. The van der Waals surface area contributed by atoms with Crippen LogP contribution in [0.2, 0.25) is 0 Å². The van der Waals surface area contributed by atoms with Gasteiger partial charge in [-0.15, -0.1) is 0 Å². The Bertz CT molecular complexity index is 1260. The summed E-state index contributed by atoms with van der Waals surface area (Å²) in [5.74, 6) is -2.88. The molecule has 0 spiro atoms. The normalized spacial score (nSPS) is 14.1. The highest BCUT2D eigenvalue weighted by atomic mass is 16.4. The monoisotopic (exact) mass is 461 g/mol. The third-order valence-electron chi connectivity index (χ3n) is 6.08. The van der Waals surface area contributed by atoms with Crippen LogP contribution in [0.4, 0.5) is 0 Å². The number of hydrogen-bond acceptors (Lipinski definition) is 5. The van der Waals surface area contributed by atoms with Gasteiger partial charge in [-0.25, -0.2) is 4.79 Å². The molecule has 2 aromatic carbocycles. The average Bonchev–Trinajstić information content (AvgIpc) is 3.43. The summed E-state index contributed by atoms with van der Waals surface area (Å²) in [6, 6.07) is 11.5. The molecule has 0 saturated carbocycles. The van der Waals surface area contributed by atoms with Crippen molar-refractivity contribution in [1.82, 2.24) is 14.9 Å². The van der Waals surface area contributed by atoms with Gasteiger partial charge in [0.15, 0.2) is 0 Å². The molecule has 4 rings (SSSR count). The number of rotatable bonds is 8. The predicted molar refractivity (Wildman–Crippen MR) is 129 cm³/mol. The maximum absolute atomic E-state index is 13.3. The van der Waals surface area contributed by atoms with E-state index in [0.29, 0.717) is 4.90 Å². The van der Waals surface area contributed by atoms with Gasteiger partial charge in [0.25, 0.3) is 0 Å². The zero-order valence-corrected chi connectivity index (χ0v) is 18.7. The van der Waals surface area contributed by atoms with Gasteiger partial charge < -0.3 is 26.5 Å². The molecule has 34 heavy (non-hydrogen) atoms. The largest absolute Gasteiger partial charge is 0.480 e. The van der Waals surface area contributed by atoms with Gasteiger partial charge in [0.1, 0.15) is 6.04 Å². The van der Waals surface area contributed by atoms with Crippen molar-refractivity contribution in [2.24, 2.45) is 11.5 Å². The first-order valence-corrected chi connectivity index (χ1v) is 11.0. The van der Waals surface area contributed by atoms with Crippen molar-refractivity contribution in [2.75, 3.05) is 0 Å². The number of hydrogen-bond donors (Lipinski definition) is 5. The fraction of sp³-hybridized carbons (Fsp3) is 0.240. The summed E-state index contributed by atoms with van der Waals surface area (Å²) in [6.07, 6.45) is 3.79. The predicted octanol–water partition coefficient (Wildman–Crippen LogP) is 1.92. The molecule has 0 bridgehead atoms. The quantitative estimate of drug-likeness (QED) is 0.270. The number of nitrogens with one attached hydrogen (secondary N) is 2. The zero-order chi connectivity index (χ0) is 24.4. The lowest BCUT2D eigenvalue weighted by atomic mass is 10.0. The van der Waals surface area contributed by atoms with E-state index in [0.717, 1.165) is 32.9 Å². The van der Waals surface area contributed by atoms with E-state index in [1.54, 1.807) is 12.4 Å². The van der Waals surface area contributed by atoms with E-state index < -0.39 is 35.9 Å². The Morgan fingerprint density at radius 1 is 0.824 bits per heavy atom. The summed E-state index contributed by atoms with van der Waals surface area (Å²) in [5, 5.41) is 11.4. The van der Waals surface area contributed by atoms with Crippen LogP contribution < -0.4 is 11.5 Å². The van der Waals surface area contributed by atoms with Crippen LogP contribution in [0.15, 0.2) is 60.9 Å². The lowest BCUT2D eigenvalue weighted by molar-refractivity contribution is -0.158. The Labute approximate surface area is 195 Å². The molecule has 0 aliphatic rings. The number of benzene rings is 2. The molecule has 0 saturated heterocycles. The van der Waals surface area contributed by atoms with Crippen molar-refractivity contribution < 1.29 is 19.5 Å². The van der Waals surface area contributed by atoms with Crippen LogP contribution in [0, 0.1) is 0 Å². The van der Waals surface area contributed by atoms with E-state index >= 15 is 0 Å². The minimum Gasteiger partial charge on any atom is -0.480 e. The van der Waals surface area contributed by atoms with Gasteiger partial charge in [-0.3, -0.25) is 14.5 Å². The molecule has 0 unspecified atom stereocenters. The van der Waals surface area contributed by atoms with Crippen molar-refractivity contribution >= 4 is 39.6 Å². The summed E-state index contributed by atoms with van der Waals surface area (Å²) in [4.78, 5) is 45.2. The molecular formula is C25H27N5O4. The summed E-state index contributed by atoms with van der Waals surface area (Å²) < 4.78 is 0. The Kier molecular flexibility index (Phi) is 6.49. The molecule has 9 heteroatoms. The van der Waals surface area contributed by atoms with Gasteiger partial charge in [0, 0.05) is 34.2 Å². The van der Waals surface area contributed by atoms with Crippen LogP contribution in [-0.4, -0.2) is 55.9 Å². The van der Waals surface area contributed by atoms with E-state index in [9.17, 15) is 19.5 Å². The third kappa shape index (κ3) is 4.43. The topological polar surface area (TPSA) is 158 Å². The molecule has 3 atom stereocenters. The summed E-state index contributed by atoms with van der Waals surface area (Å²) >= 11 is 0. The Hall–Kier alpha value is -3.95. The second-order valence-electron chi connectivity index (χ2n) is 8.40. The third-order valence-corrected chi connectivity index (χ3v) is 6.08. The molecule has 2 heterocycles. The number of carbonyl (C=O) groups is 3. The number of carboxylic acids is 1. The Morgan fingerprint density at radius 3 is 1.65 bits per heavy atom. The number of para-hydroxylation sites is 2. The number of carbonyl (C=O) groups excluding carboxylic acids is 2. The molecule has 7 N–H and O–H groups in total. The van der Waals surface area contributed by atoms with Crippen molar-refractivity contribution in [3.63, 3.8) is 0 Å². The number of amides is 2. The second-order valence-corrected chi connectivity index (χ2v) is 8.40. The van der Waals surface area contributed by atoms with Crippen LogP contribution >= 0.6 is 0 Å². The molecule has 0 aliphatic carbocycles. The summed E-state index contributed by atoms with van der Waals surface area (Å²) in [5.41, 5.74) is 15.8. The van der Waals surface area contributed by atoms with Crippen molar-refractivity contribution in [3.05, 3.63) is 72.1 Å². The van der Waals surface area contributed by atoms with Gasteiger partial charge in [-0.1, -0.05) is 36.4 Å². The van der Waals surface area contributed by atoms with E-state index in [4.69, 9.17) is 11.5 Å². The average molecular weight is 462 g/mol. The summed E-state index contributed by atoms with van der Waals surface area (Å²) in [7, 11) is 0. The minimum atomic E-state index is -1.41. The molecule has 9 nitrogen and oxygen atoms in total. The number of aromatic amines is 2. The minimum absolute atomic E-state index is 0.136. The van der Waals surface area contributed by atoms with Gasteiger partial charge in [0.05, 0.1) is 12.1 Å². The number of carboxylic acid groups (broad SMARTS) is 1. The van der Waals surface area contributed by atoms with E-state index in [1.165, 1.54) is 6.92 Å². The number of aliphatic carboxylic acids is 1. The molecule has 0 radical (unpaired) electrons. The molecule has 176 valence electrons. The Balaban J connectivity index is 1.55. The Morgan fingerprint density at radius 2 is 1.24 bits per heavy atom. The van der Waals surface area contributed by atoms with Gasteiger partial charge >= 0.3 is 5.97 Å². The summed E-state index contributed by atoms with van der Waals surface area (Å²) in [6.45, 7) is 1.27. The van der Waals surface area contributed by atoms with E-state index in [1.807, 2.05) is 48.5 Å². The van der Waals surface area contributed by atoms with Crippen molar-refractivity contribution in [1.29, 1.82) is 0 Å². The maximum atomic E-state index is 13.3. The number of nitrogens with two attached hydrogens (primary N) is 2. The van der Waals surface area contributed by atoms with E-state index in [-0.39, 0.29) is 12.8 Å². The first kappa shape index (κ1) is 23.2. The first-order valence-electron chi connectivity index (χ1n) is 11.0. The van der Waals surface area contributed by atoms with Crippen LogP contribution in [0.3, 0.4) is 0 Å². The van der Waals surface area contributed by atoms with Crippen LogP contribution in [0.5, 0.6) is 0 Å². The maximum Gasteiger partial charge on any atom is 0.326 e. The smallest absolute Gasteiger partial charge is 0.326 e. The molecule has 2 aromatic heterocycles. The van der Waals surface area contributed by atoms with Crippen LogP contribution in [0.1, 0.15) is 18.1 Å². The molecule has 0 fully saturated rings. The second kappa shape index (κ2) is 9.50. The van der Waals surface area contributed by atoms with Crippen molar-refractivity contribution in [3.8, 4) is 0 Å². The van der Waals surface area contributed by atoms with Crippen LogP contribution in [-0.2, 0) is 27.2 Å². The van der Waals surface area contributed by atoms with Gasteiger partial charge in [-0.05, 0) is 43.0 Å². The SMILES string of the molecule is C[C@@H](C(=O)O)N(C(=O)[C@@H](N)Cc1c[nH]c2ccccc12)C(=O)[C@@H](N)Cc1c[nH]c2ccccc12. The number of H-pyrrole nitrogens is 2. The number of fused-ring (bicyclic) bond motifs is 2. The number of aromatic nitrogens is 2. The molecule has 0 aliphatic heterocycles. The van der Waals surface area contributed by atoms with Gasteiger partial charge in [-0.2, -0.15) is 0 Å². The lowest BCUT2D eigenvalue weighted by Crippen LogP contribution is -2.58. The zero-order valence-electron chi connectivity index (χ0n) is 18.7. The standard InChI is InChI=1S/C25H27N5O4/c1-14(25(33)34)30(23(31)19(26)10-15-12-28-21-8-4-2-6-17(15)21)24(32)20(27)11-16-13-29-22-9-5-3-7-18(16)22/h2-9,12-14,19-20,28-29H,10-11,26-27H2,1H3,(H,33,34)/t14-,19-,20-/m0/s1. The molecule has 4 aromatic rings. The highest BCUT2D eigenvalue weighted by molar-refractivity contribution is 6.03.